The molecule has 5 rings (SSSR count). The third-order valence-electron chi connectivity index (χ3n) is 7.11. The number of unbranched alkanes of at least 4 members (excludes halogenated alkanes) is 2. The van der Waals surface area contributed by atoms with Crippen LogP contribution >= 0.6 is 23.1 Å². The second-order valence-corrected chi connectivity index (χ2v) is 12.3. The van der Waals surface area contributed by atoms with Gasteiger partial charge in [-0.25, -0.2) is 0 Å². The number of anilines is 1. The number of carbonyl (C=O) groups is 2. The van der Waals surface area contributed by atoms with Crippen LogP contribution in [0.25, 0.3) is 5.76 Å². The van der Waals surface area contributed by atoms with Gasteiger partial charge in [0.05, 0.1) is 25.3 Å². The quantitative estimate of drug-likeness (QED) is 0.0441. The number of ketones is 1. The summed E-state index contributed by atoms with van der Waals surface area (Å²) in [5, 5.41) is 20.3. The fourth-order valence-corrected chi connectivity index (χ4v) is 6.55. The molecule has 0 radical (unpaired) electrons. The monoisotopic (exact) mass is 615 g/mol. The topological polar surface area (TPSA) is 102 Å². The van der Waals surface area contributed by atoms with Crippen LogP contribution < -0.4 is 14.4 Å². The van der Waals surface area contributed by atoms with Crippen LogP contribution in [-0.2, 0) is 15.3 Å². The Morgan fingerprint density at radius 2 is 1.65 bits per heavy atom. The van der Waals surface area contributed by atoms with Crippen LogP contribution in [0.5, 0.6) is 11.5 Å². The van der Waals surface area contributed by atoms with Crippen molar-refractivity contribution in [2.75, 3.05) is 18.6 Å². The van der Waals surface area contributed by atoms with E-state index in [-0.39, 0.29) is 16.5 Å². The highest BCUT2D eigenvalue weighted by molar-refractivity contribution is 8.00. The third-order valence-corrected chi connectivity index (χ3v) is 9.23. The van der Waals surface area contributed by atoms with E-state index in [2.05, 4.69) is 41.4 Å². The number of rotatable bonds is 12. The Labute approximate surface area is 259 Å². The number of aliphatic hydroxyl groups excluding tert-OH is 1. The molecule has 0 spiro atoms. The number of hydrogen-bond donors (Lipinski definition) is 1. The number of carbonyl (C=O) groups excluding carboxylic acids is 2. The molecule has 1 aromatic heterocycles. The fourth-order valence-electron chi connectivity index (χ4n) is 4.73. The number of Topliss-reactive ketones (excluding diaryl/α,β-unsaturated/α-hetero) is 1. The molecule has 1 atom stereocenters. The number of ether oxygens (including phenoxy) is 2. The maximum atomic E-state index is 13.5. The summed E-state index contributed by atoms with van der Waals surface area (Å²) in [5.41, 5.74) is 3.35. The van der Waals surface area contributed by atoms with Gasteiger partial charge in [0.25, 0.3) is 5.78 Å². The van der Waals surface area contributed by atoms with Crippen molar-refractivity contribution in [1.29, 1.82) is 0 Å². The van der Waals surface area contributed by atoms with E-state index < -0.39 is 17.7 Å². The Balaban J connectivity index is 1.48. The standard InChI is InChI=1S/C33H33N3O5S2/c1-4-5-6-19-41-26-17-11-23(12-18-26)28-27(29(37)24-13-15-25(40-3)16-14-24)30(38)31(39)36(28)32-34-35-33(43-32)42-20-22-9-7-21(2)8-10-22/h7-18,28,37H,4-6,19-20H2,1-3H3/b29-27-. The minimum Gasteiger partial charge on any atom is -0.507 e. The highest BCUT2D eigenvalue weighted by atomic mass is 32.2. The zero-order valence-electron chi connectivity index (χ0n) is 24.3. The van der Waals surface area contributed by atoms with E-state index in [1.807, 2.05) is 31.2 Å². The molecule has 2 heterocycles. The average Bonchev–Trinajstić information content (AvgIpc) is 3.60. The lowest BCUT2D eigenvalue weighted by molar-refractivity contribution is -0.132. The van der Waals surface area contributed by atoms with E-state index in [0.717, 1.165) is 24.8 Å². The molecule has 43 heavy (non-hydrogen) atoms. The highest BCUT2D eigenvalue weighted by Gasteiger charge is 2.48. The average molecular weight is 616 g/mol. The molecule has 1 fully saturated rings. The van der Waals surface area contributed by atoms with E-state index in [1.165, 1.54) is 33.6 Å². The molecule has 1 aliphatic heterocycles. The van der Waals surface area contributed by atoms with Crippen LogP contribution in [0.4, 0.5) is 5.13 Å². The second-order valence-electron chi connectivity index (χ2n) is 10.1. The number of benzene rings is 3. The molecule has 1 N–H and O–H groups in total. The first kappa shape index (κ1) is 30.3. The van der Waals surface area contributed by atoms with Crippen molar-refractivity contribution < 1.29 is 24.2 Å². The van der Waals surface area contributed by atoms with E-state index in [1.54, 1.807) is 31.4 Å². The van der Waals surface area contributed by atoms with Crippen molar-refractivity contribution in [1.82, 2.24) is 10.2 Å². The SMILES string of the molecule is CCCCCOc1ccc(C2/C(=C(/O)c3ccc(OC)cc3)C(=O)C(=O)N2c2nnc(SCc3ccc(C)cc3)s2)cc1. The molecule has 4 aromatic rings. The smallest absolute Gasteiger partial charge is 0.301 e. The Bertz CT molecular complexity index is 1600. The van der Waals surface area contributed by atoms with Gasteiger partial charge in [0.1, 0.15) is 17.3 Å². The summed E-state index contributed by atoms with van der Waals surface area (Å²) in [6, 6.07) is 21.3. The van der Waals surface area contributed by atoms with Gasteiger partial charge in [0.2, 0.25) is 5.13 Å². The number of aromatic nitrogens is 2. The van der Waals surface area contributed by atoms with Gasteiger partial charge in [0.15, 0.2) is 4.34 Å². The molecule has 0 aliphatic carbocycles. The van der Waals surface area contributed by atoms with Gasteiger partial charge < -0.3 is 14.6 Å². The van der Waals surface area contributed by atoms with E-state index in [0.29, 0.717) is 39.3 Å². The largest absolute Gasteiger partial charge is 0.507 e. The summed E-state index contributed by atoms with van der Waals surface area (Å²) >= 11 is 2.75. The summed E-state index contributed by atoms with van der Waals surface area (Å²) in [4.78, 5) is 28.4. The molecular formula is C33H33N3O5S2. The van der Waals surface area contributed by atoms with Crippen molar-refractivity contribution in [2.24, 2.45) is 0 Å². The molecule has 3 aromatic carbocycles. The lowest BCUT2D eigenvalue weighted by Gasteiger charge is -2.22. The summed E-state index contributed by atoms with van der Waals surface area (Å²) in [5.74, 6) is 0.152. The van der Waals surface area contributed by atoms with Gasteiger partial charge >= 0.3 is 5.91 Å². The molecule has 1 saturated heterocycles. The van der Waals surface area contributed by atoms with E-state index in [4.69, 9.17) is 9.47 Å². The van der Waals surface area contributed by atoms with Crippen LogP contribution in [0, 0.1) is 6.92 Å². The molecule has 1 unspecified atom stereocenters. The predicted molar refractivity (Wildman–Crippen MR) is 170 cm³/mol. The maximum absolute atomic E-state index is 13.5. The van der Waals surface area contributed by atoms with Crippen molar-refractivity contribution in [3.8, 4) is 11.5 Å². The van der Waals surface area contributed by atoms with Crippen molar-refractivity contribution in [3.63, 3.8) is 0 Å². The Morgan fingerprint density at radius 3 is 2.33 bits per heavy atom. The van der Waals surface area contributed by atoms with Crippen LogP contribution in [0.2, 0.25) is 0 Å². The van der Waals surface area contributed by atoms with Gasteiger partial charge in [-0.15, -0.1) is 10.2 Å². The summed E-state index contributed by atoms with van der Waals surface area (Å²) < 4.78 is 11.8. The fraction of sp³-hybridized carbons (Fsp3) is 0.273. The predicted octanol–water partition coefficient (Wildman–Crippen LogP) is 7.34. The minimum absolute atomic E-state index is 0.0177. The van der Waals surface area contributed by atoms with Crippen molar-refractivity contribution in [3.05, 3.63) is 101 Å². The number of methoxy groups -OCH3 is 1. The first-order chi connectivity index (χ1) is 20.9. The maximum Gasteiger partial charge on any atom is 0.301 e. The zero-order chi connectivity index (χ0) is 30.3. The van der Waals surface area contributed by atoms with Gasteiger partial charge in [-0.05, 0) is 60.9 Å². The molecule has 0 saturated carbocycles. The normalized spacial score (nSPS) is 16.1. The van der Waals surface area contributed by atoms with Crippen LogP contribution in [-0.4, -0.2) is 40.7 Å². The number of aryl methyl sites for hydroxylation is 1. The first-order valence-electron chi connectivity index (χ1n) is 14.1. The number of aliphatic hydroxyl groups is 1. The van der Waals surface area contributed by atoms with Gasteiger partial charge in [-0.2, -0.15) is 0 Å². The lowest BCUT2D eigenvalue weighted by Crippen LogP contribution is -2.29. The molecule has 10 heteroatoms. The molecular weight excluding hydrogens is 583 g/mol. The lowest BCUT2D eigenvalue weighted by atomic mass is 9.95. The molecule has 8 nitrogen and oxygen atoms in total. The Kier molecular flexibility index (Phi) is 9.79. The first-order valence-corrected chi connectivity index (χ1v) is 15.9. The van der Waals surface area contributed by atoms with Crippen LogP contribution in [0.1, 0.15) is 54.5 Å². The molecule has 1 amide bonds. The molecule has 222 valence electrons. The minimum atomic E-state index is -0.904. The number of amides is 1. The summed E-state index contributed by atoms with van der Waals surface area (Å²) in [6.07, 6.45) is 3.15. The summed E-state index contributed by atoms with van der Waals surface area (Å²) in [7, 11) is 1.55. The zero-order valence-corrected chi connectivity index (χ0v) is 25.9. The highest BCUT2D eigenvalue weighted by Crippen LogP contribution is 2.44. The van der Waals surface area contributed by atoms with E-state index >= 15 is 0 Å². The Morgan fingerprint density at radius 1 is 0.953 bits per heavy atom. The number of thioether (sulfide) groups is 1. The third kappa shape index (κ3) is 6.92. The van der Waals surface area contributed by atoms with Crippen LogP contribution in [0.3, 0.4) is 0 Å². The van der Waals surface area contributed by atoms with Crippen LogP contribution in [0.15, 0.2) is 82.7 Å². The van der Waals surface area contributed by atoms with E-state index in [9.17, 15) is 14.7 Å². The summed E-state index contributed by atoms with van der Waals surface area (Å²) in [6.45, 7) is 4.79. The van der Waals surface area contributed by atoms with Gasteiger partial charge in [0, 0.05) is 11.3 Å². The van der Waals surface area contributed by atoms with Crippen molar-refractivity contribution in [2.45, 2.75) is 49.2 Å². The second kappa shape index (κ2) is 13.9. The number of nitrogens with zero attached hydrogens (tertiary/aromatic N) is 3. The van der Waals surface area contributed by atoms with Gasteiger partial charge in [-0.3, -0.25) is 14.5 Å². The Hall–Kier alpha value is -4.15. The molecule has 0 bridgehead atoms. The number of hydrogen-bond acceptors (Lipinski definition) is 9. The van der Waals surface area contributed by atoms with Gasteiger partial charge in [-0.1, -0.05) is 84.8 Å². The van der Waals surface area contributed by atoms with Crippen molar-refractivity contribution >= 4 is 45.7 Å². The molecule has 1 aliphatic rings.